The first-order chi connectivity index (χ1) is 3.97. The van der Waals surface area contributed by atoms with Gasteiger partial charge in [0.2, 0.25) is 6.73 Å². The number of hydrogen-bond acceptors (Lipinski definition) is 4. The largest absolute Gasteiger partial charge is 0.389 e. The molecule has 0 aromatic heterocycles. The second-order valence-corrected chi connectivity index (χ2v) is 2.67. The Balaban J connectivity index is 2.28. The number of amidine groups is 1. The SMILES string of the molecule is C1=N[S+]2OCN=C2N1. The second kappa shape index (κ2) is 1.46. The molecule has 0 bridgehead atoms. The average molecular weight is 130 g/mol. The van der Waals surface area contributed by atoms with Crippen molar-refractivity contribution in [1.82, 2.24) is 5.32 Å². The fourth-order valence-corrected chi connectivity index (χ4v) is 1.44. The van der Waals surface area contributed by atoms with Crippen LogP contribution < -0.4 is 5.32 Å². The molecule has 0 aromatic carbocycles. The molecule has 1 atom stereocenters. The zero-order valence-electron chi connectivity index (χ0n) is 4.00. The predicted molar refractivity (Wildman–Crippen MR) is 32.4 cm³/mol. The Labute approximate surface area is 49.3 Å². The maximum atomic E-state index is 5.04. The van der Waals surface area contributed by atoms with Gasteiger partial charge in [0.05, 0.1) is 0 Å². The van der Waals surface area contributed by atoms with E-state index in [9.17, 15) is 0 Å². The van der Waals surface area contributed by atoms with Crippen LogP contribution in [0.4, 0.5) is 0 Å². The third kappa shape index (κ3) is 0.452. The molecule has 8 heavy (non-hydrogen) atoms. The quantitative estimate of drug-likeness (QED) is 0.445. The third-order valence-corrected chi connectivity index (χ3v) is 2.08. The lowest BCUT2D eigenvalue weighted by atomic mass is 11.1. The molecular weight excluding hydrogens is 126 g/mol. The van der Waals surface area contributed by atoms with Gasteiger partial charge >= 0.3 is 16.5 Å². The fraction of sp³-hybridized carbons (Fsp3) is 0.333. The molecule has 1 unspecified atom stereocenters. The molecule has 2 aliphatic heterocycles. The van der Waals surface area contributed by atoms with E-state index in [0.717, 1.165) is 5.17 Å². The molecule has 0 radical (unpaired) electrons. The van der Waals surface area contributed by atoms with Crippen LogP contribution in [-0.2, 0) is 15.5 Å². The summed E-state index contributed by atoms with van der Waals surface area (Å²) in [6.07, 6.45) is 1.61. The maximum Gasteiger partial charge on any atom is 0.389 e. The van der Waals surface area contributed by atoms with Crippen LogP contribution >= 0.6 is 0 Å². The minimum absolute atomic E-state index is 0.360. The van der Waals surface area contributed by atoms with Crippen LogP contribution in [0.1, 0.15) is 0 Å². The molecular formula is C3H4N3OS+. The van der Waals surface area contributed by atoms with E-state index in [0.29, 0.717) is 6.73 Å². The summed E-state index contributed by atoms with van der Waals surface area (Å²) in [5.74, 6) is 0. The first-order valence-electron chi connectivity index (χ1n) is 2.18. The van der Waals surface area contributed by atoms with Crippen LogP contribution in [0.3, 0.4) is 0 Å². The number of nitrogens with one attached hydrogen (secondary N) is 1. The Morgan fingerprint density at radius 3 is 3.75 bits per heavy atom. The number of rotatable bonds is 0. The van der Waals surface area contributed by atoms with Crippen molar-refractivity contribution in [1.29, 1.82) is 0 Å². The molecule has 2 aliphatic rings. The van der Waals surface area contributed by atoms with E-state index in [1.807, 2.05) is 0 Å². The molecule has 2 rings (SSSR count). The van der Waals surface area contributed by atoms with E-state index in [2.05, 4.69) is 14.7 Å². The highest BCUT2D eigenvalue weighted by Crippen LogP contribution is 2.11. The van der Waals surface area contributed by atoms with Crippen molar-refractivity contribution in [2.45, 2.75) is 0 Å². The standard InChI is InChI=1S/C3H4N3OS/c1-4-3-5-2-7-8(3)6-1/h1H,2H2,(H,4,5,6)/q+1. The van der Waals surface area contributed by atoms with Crippen LogP contribution in [-0.4, -0.2) is 18.2 Å². The number of aliphatic imine (C=N–C) groups is 1. The lowest BCUT2D eigenvalue weighted by Crippen LogP contribution is -2.17. The van der Waals surface area contributed by atoms with Crippen molar-refractivity contribution in [3.63, 3.8) is 0 Å². The van der Waals surface area contributed by atoms with Gasteiger partial charge in [-0.1, -0.05) is 0 Å². The van der Waals surface area contributed by atoms with E-state index >= 15 is 0 Å². The molecule has 0 fully saturated rings. The Bertz CT molecular complexity index is 166. The van der Waals surface area contributed by atoms with Gasteiger partial charge in [-0.25, -0.2) is 0 Å². The summed E-state index contributed by atoms with van der Waals surface area (Å²) >= 11 is -0.360. The molecule has 4 nitrogen and oxygen atoms in total. The van der Waals surface area contributed by atoms with Gasteiger partial charge in [-0.15, -0.1) is 4.18 Å². The molecule has 5 heteroatoms. The summed E-state index contributed by atoms with van der Waals surface area (Å²) in [4.78, 5) is 3.97. The molecule has 2 heterocycles. The van der Waals surface area contributed by atoms with E-state index in [1.54, 1.807) is 6.34 Å². The van der Waals surface area contributed by atoms with Gasteiger partial charge in [-0.2, -0.15) is 4.99 Å². The summed E-state index contributed by atoms with van der Waals surface area (Å²) in [6, 6.07) is 0. The van der Waals surface area contributed by atoms with E-state index in [4.69, 9.17) is 4.18 Å². The average Bonchev–Trinajstić information content (AvgIpc) is 2.15. The normalized spacial score (nSPS) is 32.0. The van der Waals surface area contributed by atoms with Crippen molar-refractivity contribution in [3.8, 4) is 0 Å². The number of hydrogen-bond donors (Lipinski definition) is 1. The highest BCUT2D eigenvalue weighted by atomic mass is 32.2. The van der Waals surface area contributed by atoms with Crippen LogP contribution in [0.15, 0.2) is 9.39 Å². The molecule has 0 saturated heterocycles. The smallest absolute Gasteiger partial charge is 0.281 e. The minimum atomic E-state index is -0.360. The van der Waals surface area contributed by atoms with Crippen LogP contribution in [0.2, 0.25) is 0 Å². The highest BCUT2D eigenvalue weighted by molar-refractivity contribution is 8.06. The first-order valence-corrected chi connectivity index (χ1v) is 3.29. The Morgan fingerprint density at radius 2 is 2.88 bits per heavy atom. The number of fused-ring (bicyclic) bond motifs is 1. The summed E-state index contributed by atoms with van der Waals surface area (Å²) in [5, 5.41) is 3.73. The molecule has 0 aliphatic carbocycles. The van der Waals surface area contributed by atoms with Gasteiger partial charge in [-0.05, 0) is 4.40 Å². The zero-order valence-corrected chi connectivity index (χ0v) is 4.81. The number of nitrogens with zero attached hydrogens (tertiary/aromatic N) is 2. The zero-order chi connectivity index (χ0) is 5.40. The topological polar surface area (TPSA) is 46.0 Å². The van der Waals surface area contributed by atoms with Gasteiger partial charge in [-0.3, -0.25) is 5.32 Å². The lowest BCUT2D eigenvalue weighted by molar-refractivity contribution is 0.394. The molecule has 0 spiro atoms. The molecule has 1 N–H and O–H groups in total. The third-order valence-electron chi connectivity index (χ3n) is 0.874. The van der Waals surface area contributed by atoms with Crippen molar-refractivity contribution < 1.29 is 4.18 Å². The van der Waals surface area contributed by atoms with Crippen molar-refractivity contribution >= 4 is 22.9 Å². The van der Waals surface area contributed by atoms with Crippen molar-refractivity contribution in [3.05, 3.63) is 0 Å². The molecule has 0 saturated carbocycles. The maximum absolute atomic E-state index is 5.04. The van der Waals surface area contributed by atoms with Gasteiger partial charge in [0.25, 0.3) is 0 Å². The molecule has 0 aromatic rings. The first kappa shape index (κ1) is 4.34. The fourth-order valence-electron chi connectivity index (χ4n) is 0.552. The van der Waals surface area contributed by atoms with Gasteiger partial charge in [0, 0.05) is 0 Å². The molecule has 42 valence electrons. The van der Waals surface area contributed by atoms with E-state index < -0.39 is 0 Å². The lowest BCUT2D eigenvalue weighted by Gasteiger charge is -1.76. The van der Waals surface area contributed by atoms with Gasteiger partial charge < -0.3 is 0 Å². The van der Waals surface area contributed by atoms with E-state index in [1.165, 1.54) is 0 Å². The summed E-state index contributed by atoms with van der Waals surface area (Å²) in [5.41, 5.74) is 0. The van der Waals surface area contributed by atoms with Crippen LogP contribution in [0.25, 0.3) is 0 Å². The van der Waals surface area contributed by atoms with E-state index in [-0.39, 0.29) is 11.4 Å². The second-order valence-electron chi connectivity index (χ2n) is 1.34. The van der Waals surface area contributed by atoms with Gasteiger partial charge in [0.1, 0.15) is 0 Å². The predicted octanol–water partition coefficient (Wildman–Crippen LogP) is -0.590. The Hall–Kier alpha value is -0.550. The van der Waals surface area contributed by atoms with Crippen LogP contribution in [0.5, 0.6) is 0 Å². The van der Waals surface area contributed by atoms with Crippen LogP contribution in [0, 0.1) is 0 Å². The highest BCUT2D eigenvalue weighted by Gasteiger charge is 2.39. The minimum Gasteiger partial charge on any atom is -0.281 e. The summed E-state index contributed by atoms with van der Waals surface area (Å²) < 4.78 is 8.98. The summed E-state index contributed by atoms with van der Waals surface area (Å²) in [6.45, 7) is 0.461. The molecule has 0 amide bonds. The Morgan fingerprint density at radius 1 is 1.88 bits per heavy atom. The Kier molecular flexibility index (Phi) is 0.793. The van der Waals surface area contributed by atoms with Crippen molar-refractivity contribution in [2.75, 3.05) is 6.73 Å². The monoisotopic (exact) mass is 130 g/mol. The summed E-state index contributed by atoms with van der Waals surface area (Å²) in [7, 11) is 0. The van der Waals surface area contributed by atoms with Crippen molar-refractivity contribution in [2.24, 2.45) is 9.39 Å². The van der Waals surface area contributed by atoms with Gasteiger partial charge in [0.15, 0.2) is 6.34 Å².